The minimum Gasteiger partial charge on any atom is -0.493 e. The van der Waals surface area contributed by atoms with Crippen molar-refractivity contribution in [2.75, 3.05) is 26.3 Å². The van der Waals surface area contributed by atoms with Crippen molar-refractivity contribution in [1.29, 1.82) is 0 Å². The number of amidine groups is 1. The molecular weight excluding hydrogens is 388 g/mol. The van der Waals surface area contributed by atoms with Crippen LogP contribution in [0.1, 0.15) is 12.0 Å². The minimum absolute atomic E-state index is 0.586. The van der Waals surface area contributed by atoms with Crippen molar-refractivity contribution in [3.05, 3.63) is 84.4 Å². The van der Waals surface area contributed by atoms with Crippen LogP contribution in [0.15, 0.2) is 88.3 Å². The molecule has 0 aliphatic carbocycles. The summed E-state index contributed by atoms with van der Waals surface area (Å²) in [6.07, 6.45) is 0.797. The summed E-state index contributed by atoms with van der Waals surface area (Å²) >= 11 is 0. The lowest BCUT2D eigenvalue weighted by Crippen LogP contribution is -2.19. The predicted octanol–water partition coefficient (Wildman–Crippen LogP) is 5.30. The van der Waals surface area contributed by atoms with Gasteiger partial charge in [0.1, 0.15) is 28.7 Å². The second-order valence-corrected chi connectivity index (χ2v) is 7.41. The largest absolute Gasteiger partial charge is 0.493 e. The van der Waals surface area contributed by atoms with E-state index in [0.717, 1.165) is 64.7 Å². The van der Waals surface area contributed by atoms with Crippen LogP contribution in [0.4, 0.5) is 0 Å². The van der Waals surface area contributed by atoms with Crippen molar-refractivity contribution in [2.45, 2.75) is 6.42 Å². The molecular formula is C26H24N2O3. The molecule has 3 aromatic carbocycles. The maximum Gasteiger partial charge on any atom is 0.135 e. The second-order valence-electron chi connectivity index (χ2n) is 7.41. The van der Waals surface area contributed by atoms with Crippen molar-refractivity contribution in [1.82, 2.24) is 5.32 Å². The summed E-state index contributed by atoms with van der Waals surface area (Å²) < 4.78 is 17.7. The average Bonchev–Trinajstić information content (AvgIpc) is 3.50. The second kappa shape index (κ2) is 8.96. The number of para-hydroxylation sites is 1. The molecule has 1 aliphatic heterocycles. The summed E-state index contributed by atoms with van der Waals surface area (Å²) in [4.78, 5) is 4.43. The summed E-state index contributed by atoms with van der Waals surface area (Å²) in [7, 11) is 0. The lowest BCUT2D eigenvalue weighted by Gasteiger charge is -2.09. The SMILES string of the molecule is c1cc(OCCCOc2ccc(C3=NCCN3)cc2)cc(-c2cc3ccccc3o2)c1. The Morgan fingerprint density at radius 1 is 0.806 bits per heavy atom. The molecule has 31 heavy (non-hydrogen) atoms. The third-order valence-corrected chi connectivity index (χ3v) is 5.17. The van der Waals surface area contributed by atoms with Gasteiger partial charge >= 0.3 is 0 Å². The molecule has 0 unspecified atom stereocenters. The van der Waals surface area contributed by atoms with Crippen LogP contribution in [0.5, 0.6) is 11.5 Å². The van der Waals surface area contributed by atoms with Gasteiger partial charge in [0.2, 0.25) is 0 Å². The zero-order valence-electron chi connectivity index (χ0n) is 17.2. The van der Waals surface area contributed by atoms with Crippen molar-refractivity contribution in [3.8, 4) is 22.8 Å². The fourth-order valence-electron chi connectivity index (χ4n) is 3.60. The van der Waals surface area contributed by atoms with Crippen LogP contribution in [-0.4, -0.2) is 32.1 Å². The topological polar surface area (TPSA) is 56.0 Å². The molecule has 1 aromatic heterocycles. The van der Waals surface area contributed by atoms with E-state index in [0.29, 0.717) is 13.2 Å². The van der Waals surface area contributed by atoms with Crippen LogP contribution in [-0.2, 0) is 0 Å². The van der Waals surface area contributed by atoms with Crippen LogP contribution < -0.4 is 14.8 Å². The molecule has 5 nitrogen and oxygen atoms in total. The Bertz CT molecular complexity index is 1160. The highest BCUT2D eigenvalue weighted by Gasteiger charge is 2.08. The van der Waals surface area contributed by atoms with E-state index in [2.05, 4.69) is 22.4 Å². The molecule has 1 N–H and O–H groups in total. The minimum atomic E-state index is 0.586. The van der Waals surface area contributed by atoms with Gasteiger partial charge in [-0.25, -0.2) is 0 Å². The number of hydrogen-bond acceptors (Lipinski definition) is 5. The van der Waals surface area contributed by atoms with Crippen LogP contribution in [0.3, 0.4) is 0 Å². The van der Waals surface area contributed by atoms with Gasteiger partial charge in [0.05, 0.1) is 19.8 Å². The number of furan rings is 1. The van der Waals surface area contributed by atoms with Crippen LogP contribution in [0, 0.1) is 0 Å². The summed E-state index contributed by atoms with van der Waals surface area (Å²) in [5, 5.41) is 4.37. The van der Waals surface area contributed by atoms with Crippen molar-refractivity contribution >= 4 is 16.8 Å². The summed E-state index contributed by atoms with van der Waals surface area (Å²) in [5.41, 5.74) is 2.99. The first kappa shape index (κ1) is 19.2. The third kappa shape index (κ3) is 4.56. The van der Waals surface area contributed by atoms with E-state index < -0.39 is 0 Å². The molecule has 0 saturated carbocycles. The lowest BCUT2D eigenvalue weighted by atomic mass is 10.1. The Kier molecular flexibility index (Phi) is 5.56. The quantitative estimate of drug-likeness (QED) is 0.399. The highest BCUT2D eigenvalue weighted by Crippen LogP contribution is 2.29. The molecule has 2 heterocycles. The molecule has 0 bridgehead atoms. The first-order valence-electron chi connectivity index (χ1n) is 10.6. The zero-order chi connectivity index (χ0) is 20.9. The highest BCUT2D eigenvalue weighted by atomic mass is 16.5. The van der Waals surface area contributed by atoms with Crippen LogP contribution >= 0.6 is 0 Å². The number of ether oxygens (including phenoxy) is 2. The van der Waals surface area contributed by atoms with Crippen molar-refractivity contribution < 1.29 is 13.9 Å². The Labute approximate surface area is 181 Å². The number of nitrogens with one attached hydrogen (secondary N) is 1. The maximum atomic E-state index is 5.96. The smallest absolute Gasteiger partial charge is 0.135 e. The lowest BCUT2D eigenvalue weighted by molar-refractivity contribution is 0.247. The van der Waals surface area contributed by atoms with Crippen molar-refractivity contribution in [2.24, 2.45) is 4.99 Å². The van der Waals surface area contributed by atoms with Crippen LogP contribution in [0.2, 0.25) is 0 Å². The van der Waals surface area contributed by atoms with E-state index >= 15 is 0 Å². The molecule has 0 atom stereocenters. The first-order valence-corrected chi connectivity index (χ1v) is 10.6. The highest BCUT2D eigenvalue weighted by molar-refractivity contribution is 5.99. The van der Waals surface area contributed by atoms with Crippen molar-refractivity contribution in [3.63, 3.8) is 0 Å². The standard InChI is InChI=1S/C26H24N2O3/c1-2-8-24-21(5-1)18-25(31-24)20-6-3-7-23(17-20)30-16-4-15-29-22-11-9-19(10-12-22)26-27-13-14-28-26/h1-3,5-12,17-18H,4,13-16H2,(H,27,28). The normalized spacial score (nSPS) is 13.1. The fraction of sp³-hybridized carbons (Fsp3) is 0.192. The first-order chi connectivity index (χ1) is 15.3. The molecule has 0 saturated heterocycles. The maximum absolute atomic E-state index is 5.96. The number of fused-ring (bicyclic) bond motifs is 1. The van der Waals surface area contributed by atoms with E-state index in [-0.39, 0.29) is 0 Å². The molecule has 4 aromatic rings. The van der Waals surface area contributed by atoms with E-state index in [9.17, 15) is 0 Å². The molecule has 5 heteroatoms. The van der Waals surface area contributed by atoms with E-state index in [1.165, 1.54) is 0 Å². The van der Waals surface area contributed by atoms with E-state index in [1.54, 1.807) is 0 Å². The summed E-state index contributed by atoms with van der Waals surface area (Å²) in [6.45, 7) is 2.94. The molecule has 0 spiro atoms. The molecule has 0 fully saturated rings. The van der Waals surface area contributed by atoms with Gasteiger partial charge in [-0.15, -0.1) is 0 Å². The summed E-state index contributed by atoms with van der Waals surface area (Å²) in [5.74, 6) is 3.49. The Balaban J connectivity index is 1.11. The number of aliphatic imine (C=N–C) groups is 1. The van der Waals surface area contributed by atoms with Gasteiger partial charge < -0.3 is 19.2 Å². The number of hydrogen-bond donors (Lipinski definition) is 1. The number of nitrogens with zero attached hydrogens (tertiary/aromatic N) is 1. The predicted molar refractivity (Wildman–Crippen MR) is 123 cm³/mol. The number of rotatable bonds is 8. The molecule has 156 valence electrons. The third-order valence-electron chi connectivity index (χ3n) is 5.17. The molecule has 0 radical (unpaired) electrons. The van der Waals surface area contributed by atoms with Gasteiger partial charge in [-0.3, -0.25) is 4.99 Å². The summed E-state index contributed by atoms with van der Waals surface area (Å²) in [6, 6.07) is 26.1. The van der Waals surface area contributed by atoms with Gasteiger partial charge in [-0.1, -0.05) is 30.3 Å². The van der Waals surface area contributed by atoms with Gasteiger partial charge in [-0.2, -0.15) is 0 Å². The molecule has 0 amide bonds. The fourth-order valence-corrected chi connectivity index (χ4v) is 3.60. The van der Waals surface area contributed by atoms with Gasteiger partial charge in [0, 0.05) is 29.5 Å². The average molecular weight is 412 g/mol. The van der Waals surface area contributed by atoms with E-state index in [4.69, 9.17) is 13.9 Å². The Hall–Kier alpha value is -3.73. The van der Waals surface area contributed by atoms with Crippen LogP contribution in [0.25, 0.3) is 22.3 Å². The zero-order valence-corrected chi connectivity index (χ0v) is 17.2. The van der Waals surface area contributed by atoms with Gasteiger partial charge in [0.25, 0.3) is 0 Å². The molecule has 1 aliphatic rings. The van der Waals surface area contributed by atoms with Gasteiger partial charge in [-0.05, 0) is 48.5 Å². The van der Waals surface area contributed by atoms with Gasteiger partial charge in [0.15, 0.2) is 0 Å². The Morgan fingerprint density at radius 3 is 2.45 bits per heavy atom. The molecule has 5 rings (SSSR count). The number of benzene rings is 3. The Morgan fingerprint density at radius 2 is 1.65 bits per heavy atom. The van der Waals surface area contributed by atoms with E-state index in [1.807, 2.05) is 66.7 Å². The monoisotopic (exact) mass is 412 g/mol.